The molecule has 2 rings (SSSR count). The van der Waals surface area contributed by atoms with E-state index in [4.69, 9.17) is 4.74 Å². The Kier molecular flexibility index (Phi) is 8.22. The van der Waals surface area contributed by atoms with Crippen LogP contribution in [-0.4, -0.2) is 14.7 Å². The normalized spacial score (nSPS) is 12.9. The highest BCUT2D eigenvalue weighted by Crippen LogP contribution is 2.55. The number of ether oxygens (including phenoxy) is 1. The summed E-state index contributed by atoms with van der Waals surface area (Å²) in [4.78, 5) is 22.5. The van der Waals surface area contributed by atoms with Crippen molar-refractivity contribution in [3.05, 3.63) is 62.6 Å². The smallest absolute Gasteiger partial charge is 0.297 e. The summed E-state index contributed by atoms with van der Waals surface area (Å²) >= 11 is 3.06. The second kappa shape index (κ2) is 9.77. The van der Waals surface area contributed by atoms with E-state index in [2.05, 4.69) is 15.9 Å². The summed E-state index contributed by atoms with van der Waals surface area (Å²) in [5, 5.41) is 0. The van der Waals surface area contributed by atoms with Crippen molar-refractivity contribution < 1.29 is 36.3 Å². The quantitative estimate of drug-likeness (QED) is 0.451. The number of aryl methyl sites for hydroxylation is 1. The molecule has 6 nitrogen and oxygen atoms in total. The molecule has 0 amide bonds. The van der Waals surface area contributed by atoms with E-state index < -0.39 is 28.7 Å². The number of alkyl halides is 2. The van der Waals surface area contributed by atoms with Gasteiger partial charge < -0.3 is 19.1 Å². The lowest BCUT2D eigenvalue weighted by Crippen LogP contribution is -2.30. The van der Waals surface area contributed by atoms with Gasteiger partial charge in [-0.25, -0.2) is 8.42 Å². The van der Waals surface area contributed by atoms with E-state index in [1.54, 1.807) is 26.0 Å². The van der Waals surface area contributed by atoms with Crippen molar-refractivity contribution >= 4 is 33.4 Å². The minimum Gasteiger partial charge on any atom is -0.806 e. The second-order valence-corrected chi connectivity index (χ2v) is 11.4. The highest BCUT2D eigenvalue weighted by molar-refractivity contribution is 9.10. The molecule has 0 fully saturated rings. The van der Waals surface area contributed by atoms with Crippen LogP contribution < -0.4 is 9.79 Å². The van der Waals surface area contributed by atoms with Crippen molar-refractivity contribution in [2.45, 2.75) is 50.5 Å². The van der Waals surface area contributed by atoms with E-state index in [-0.39, 0.29) is 22.6 Å². The summed E-state index contributed by atoms with van der Waals surface area (Å²) in [7, 11) is -9.51. The number of hydrogen-bond acceptors (Lipinski definition) is 6. The second-order valence-electron chi connectivity index (χ2n) is 7.01. The van der Waals surface area contributed by atoms with Crippen molar-refractivity contribution in [2.24, 2.45) is 0 Å². The van der Waals surface area contributed by atoms with Crippen LogP contribution in [0.5, 0.6) is 0 Å². The van der Waals surface area contributed by atoms with Crippen LogP contribution >= 0.6 is 23.5 Å². The molecule has 0 atom stereocenters. The van der Waals surface area contributed by atoms with Gasteiger partial charge in [0.1, 0.15) is 0 Å². The molecule has 2 aromatic carbocycles. The number of sulfone groups is 1. The highest BCUT2D eigenvalue weighted by atomic mass is 79.9. The fourth-order valence-corrected chi connectivity index (χ4v) is 5.29. The van der Waals surface area contributed by atoms with Crippen molar-refractivity contribution in [1.82, 2.24) is 0 Å². The lowest BCUT2D eigenvalue weighted by Gasteiger charge is -2.38. The van der Waals surface area contributed by atoms with Crippen molar-refractivity contribution in [3.63, 3.8) is 0 Å². The van der Waals surface area contributed by atoms with Gasteiger partial charge in [0.2, 0.25) is 0 Å². The molecule has 0 aromatic heterocycles. The van der Waals surface area contributed by atoms with Crippen LogP contribution in [0.1, 0.15) is 41.7 Å². The maximum absolute atomic E-state index is 14.3. The molecular formula is C20H22BrF2O6PS-2. The molecular weight excluding hydrogens is 517 g/mol. The molecule has 172 valence electrons. The Bertz CT molecular complexity index is 1100. The van der Waals surface area contributed by atoms with Gasteiger partial charge in [0.15, 0.2) is 9.84 Å². The fraction of sp³-hybridized carbons (Fsp3) is 0.400. The first-order valence-corrected chi connectivity index (χ1v) is 13.6. The van der Waals surface area contributed by atoms with Gasteiger partial charge in [0.05, 0.1) is 18.1 Å². The zero-order valence-corrected chi connectivity index (χ0v) is 20.5. The molecule has 0 bridgehead atoms. The Labute approximate surface area is 188 Å². The Morgan fingerprint density at radius 2 is 1.65 bits per heavy atom. The summed E-state index contributed by atoms with van der Waals surface area (Å²) in [6.45, 7) is 3.67. The molecule has 0 saturated heterocycles. The monoisotopic (exact) mass is 538 g/mol. The van der Waals surface area contributed by atoms with Gasteiger partial charge in [-0.3, -0.25) is 0 Å². The van der Waals surface area contributed by atoms with Gasteiger partial charge in [-0.2, -0.15) is 8.78 Å². The summed E-state index contributed by atoms with van der Waals surface area (Å²) in [6, 6.07) is 7.22. The molecule has 0 spiro atoms. The SMILES string of the molecule is CCc1cc(C(F)(F)P(=O)([O-])[O-])c(Br)c(CC)c1COCc1ccc(S(C)(=O)=O)cc1. The lowest BCUT2D eigenvalue weighted by molar-refractivity contribution is -0.335. The molecule has 11 heteroatoms. The average Bonchev–Trinajstić information content (AvgIpc) is 2.67. The summed E-state index contributed by atoms with van der Waals surface area (Å²) in [5.41, 5.74) is -3.15. The van der Waals surface area contributed by atoms with Crippen molar-refractivity contribution in [3.8, 4) is 0 Å². The predicted molar refractivity (Wildman–Crippen MR) is 112 cm³/mol. The van der Waals surface area contributed by atoms with Crippen LogP contribution in [0.25, 0.3) is 0 Å². The molecule has 0 N–H and O–H groups in total. The van der Waals surface area contributed by atoms with Gasteiger partial charge >= 0.3 is 0 Å². The molecule has 0 radical (unpaired) electrons. The van der Waals surface area contributed by atoms with Crippen LogP contribution in [0.3, 0.4) is 0 Å². The zero-order chi connectivity index (χ0) is 23.6. The van der Waals surface area contributed by atoms with Gasteiger partial charge in [0, 0.05) is 23.9 Å². The predicted octanol–water partition coefficient (Wildman–Crippen LogP) is 3.66. The molecule has 0 saturated carbocycles. The highest BCUT2D eigenvalue weighted by Gasteiger charge is 2.39. The molecule has 0 heterocycles. The molecule has 0 aliphatic rings. The van der Waals surface area contributed by atoms with E-state index in [9.17, 15) is 31.6 Å². The molecule has 2 aromatic rings. The Hall–Kier alpha value is -1.16. The van der Waals surface area contributed by atoms with Crippen LogP contribution in [0.15, 0.2) is 39.7 Å². The maximum atomic E-state index is 14.3. The Balaban J connectivity index is 2.33. The van der Waals surface area contributed by atoms with Crippen LogP contribution in [0.2, 0.25) is 0 Å². The number of halogens is 3. The van der Waals surface area contributed by atoms with Crippen LogP contribution in [-0.2, 0) is 50.9 Å². The van der Waals surface area contributed by atoms with E-state index in [0.29, 0.717) is 29.5 Å². The Morgan fingerprint density at radius 3 is 2.10 bits per heavy atom. The zero-order valence-electron chi connectivity index (χ0n) is 17.2. The van der Waals surface area contributed by atoms with Gasteiger partial charge in [0.25, 0.3) is 5.66 Å². The van der Waals surface area contributed by atoms with Crippen molar-refractivity contribution in [2.75, 3.05) is 6.26 Å². The summed E-state index contributed by atoms with van der Waals surface area (Å²) in [5.74, 6) is 0. The van der Waals surface area contributed by atoms with Gasteiger partial charge in [-0.05, 0) is 69.2 Å². The van der Waals surface area contributed by atoms with Crippen molar-refractivity contribution in [1.29, 1.82) is 0 Å². The number of rotatable bonds is 9. The average molecular weight is 539 g/mol. The van der Waals surface area contributed by atoms with Crippen LogP contribution in [0, 0.1) is 0 Å². The summed E-state index contributed by atoms with van der Waals surface area (Å²) < 4.78 is 68.4. The van der Waals surface area contributed by atoms with E-state index in [1.165, 1.54) is 12.1 Å². The first-order chi connectivity index (χ1) is 14.2. The molecule has 0 unspecified atom stereocenters. The van der Waals surface area contributed by atoms with E-state index in [1.807, 2.05) is 0 Å². The third-order valence-corrected chi connectivity index (χ3v) is 7.80. The number of benzene rings is 2. The lowest BCUT2D eigenvalue weighted by atomic mass is 9.95. The van der Waals surface area contributed by atoms with Gasteiger partial charge in [-0.1, -0.05) is 26.0 Å². The van der Waals surface area contributed by atoms with E-state index >= 15 is 0 Å². The maximum Gasteiger partial charge on any atom is 0.297 e. The third kappa shape index (κ3) is 5.80. The third-order valence-electron chi connectivity index (χ3n) is 4.84. The first kappa shape index (κ1) is 26.1. The molecule has 0 aliphatic heterocycles. The van der Waals surface area contributed by atoms with Gasteiger partial charge in [-0.15, -0.1) is 0 Å². The fourth-order valence-electron chi connectivity index (χ4n) is 3.15. The summed E-state index contributed by atoms with van der Waals surface area (Å²) in [6.07, 6.45) is 1.75. The molecule has 0 aliphatic carbocycles. The Morgan fingerprint density at radius 1 is 1.06 bits per heavy atom. The minimum atomic E-state index is -6.21. The standard InChI is InChI=1S/C20H24BrF2O6PS/c1-4-14-10-18(20(22,23)30(24,25)26)19(21)16(5-2)17(14)12-29-11-13-6-8-15(9-7-13)31(3,27)28/h6-10H,4-5,11-12H2,1-3H3,(H2,24,25,26)/p-2. The topological polar surface area (TPSA) is 107 Å². The largest absolute Gasteiger partial charge is 0.806 e. The first-order valence-electron chi connectivity index (χ1n) is 9.34. The molecule has 31 heavy (non-hydrogen) atoms. The van der Waals surface area contributed by atoms with Crippen LogP contribution in [0.4, 0.5) is 8.78 Å². The number of hydrogen-bond donors (Lipinski definition) is 0. The minimum absolute atomic E-state index is 0.0665. The van der Waals surface area contributed by atoms with E-state index in [0.717, 1.165) is 17.9 Å².